The Kier molecular flexibility index (Phi) is 7.45. The number of halogens is 1. The Morgan fingerprint density at radius 2 is 1.73 bits per heavy atom. The van der Waals surface area contributed by atoms with Gasteiger partial charge in [0.15, 0.2) is 0 Å². The van der Waals surface area contributed by atoms with Crippen molar-refractivity contribution in [1.29, 1.82) is 0 Å². The molecule has 2 amide bonds. The lowest BCUT2D eigenvalue weighted by molar-refractivity contribution is 0.0945. The van der Waals surface area contributed by atoms with Gasteiger partial charge in [-0.25, -0.2) is 0 Å². The van der Waals surface area contributed by atoms with Crippen molar-refractivity contribution < 1.29 is 19.1 Å². The standard InChI is InChI=1S/C23H21BrN2O4/c24-18-7-4-8-19(14-18)29-12-11-26-23(28)17-6-3-5-16(13-17)15-30-21-10-2-1-9-20(21)22(25)27/h1-10,13-14H,11-12,15H2,(H2,25,27)(H,26,28). The van der Waals surface area contributed by atoms with Crippen LogP contribution >= 0.6 is 15.9 Å². The third-order valence-corrected chi connectivity index (χ3v) is 4.68. The van der Waals surface area contributed by atoms with E-state index >= 15 is 0 Å². The average Bonchev–Trinajstić information content (AvgIpc) is 2.75. The molecule has 3 rings (SSSR count). The van der Waals surface area contributed by atoms with Crippen molar-refractivity contribution in [3.05, 3.63) is 94.0 Å². The number of carbonyl (C=O) groups excluding carboxylic acids is 2. The second-order valence-corrected chi connectivity index (χ2v) is 7.33. The highest BCUT2D eigenvalue weighted by atomic mass is 79.9. The van der Waals surface area contributed by atoms with Crippen LogP contribution in [0.15, 0.2) is 77.3 Å². The maximum atomic E-state index is 12.4. The molecule has 0 spiro atoms. The van der Waals surface area contributed by atoms with E-state index in [1.165, 1.54) is 0 Å². The predicted octanol–water partition coefficient (Wildman–Crippen LogP) is 3.94. The van der Waals surface area contributed by atoms with Crippen molar-refractivity contribution in [3.63, 3.8) is 0 Å². The van der Waals surface area contributed by atoms with Gasteiger partial charge in [0.2, 0.25) is 0 Å². The van der Waals surface area contributed by atoms with Crippen LogP contribution < -0.4 is 20.5 Å². The second kappa shape index (κ2) is 10.5. The summed E-state index contributed by atoms with van der Waals surface area (Å²) in [4.78, 5) is 23.9. The molecule has 0 saturated carbocycles. The molecule has 3 aromatic carbocycles. The molecule has 0 aliphatic carbocycles. The number of rotatable bonds is 9. The summed E-state index contributed by atoms with van der Waals surface area (Å²) in [7, 11) is 0. The molecule has 0 aliphatic rings. The van der Waals surface area contributed by atoms with Gasteiger partial charge in [-0.3, -0.25) is 9.59 Å². The summed E-state index contributed by atoms with van der Waals surface area (Å²) in [6, 6.07) is 21.4. The summed E-state index contributed by atoms with van der Waals surface area (Å²) < 4.78 is 12.3. The summed E-state index contributed by atoms with van der Waals surface area (Å²) in [5.41, 5.74) is 7.00. The third-order valence-electron chi connectivity index (χ3n) is 4.19. The molecule has 3 N–H and O–H groups in total. The molecular weight excluding hydrogens is 448 g/mol. The van der Waals surface area contributed by atoms with E-state index in [0.717, 1.165) is 15.8 Å². The number of para-hydroxylation sites is 1. The van der Waals surface area contributed by atoms with E-state index in [9.17, 15) is 9.59 Å². The number of ether oxygens (including phenoxy) is 2. The van der Waals surface area contributed by atoms with E-state index in [4.69, 9.17) is 15.2 Å². The topological polar surface area (TPSA) is 90.7 Å². The Bertz CT molecular complexity index is 1040. The fourth-order valence-electron chi connectivity index (χ4n) is 2.75. The first-order chi connectivity index (χ1) is 14.5. The minimum atomic E-state index is -0.552. The zero-order valence-corrected chi connectivity index (χ0v) is 17.7. The highest BCUT2D eigenvalue weighted by Crippen LogP contribution is 2.19. The van der Waals surface area contributed by atoms with Crippen LogP contribution in [-0.2, 0) is 6.61 Å². The molecule has 0 unspecified atom stereocenters. The lowest BCUT2D eigenvalue weighted by Gasteiger charge is -2.11. The van der Waals surface area contributed by atoms with E-state index in [2.05, 4.69) is 21.2 Å². The first kappa shape index (κ1) is 21.4. The molecule has 0 fully saturated rings. The van der Waals surface area contributed by atoms with Crippen LogP contribution in [0.2, 0.25) is 0 Å². The van der Waals surface area contributed by atoms with Crippen LogP contribution in [0, 0.1) is 0 Å². The molecule has 0 atom stereocenters. The summed E-state index contributed by atoms with van der Waals surface area (Å²) in [5, 5.41) is 2.83. The molecule has 154 valence electrons. The molecule has 6 nitrogen and oxygen atoms in total. The van der Waals surface area contributed by atoms with Crippen LogP contribution in [0.25, 0.3) is 0 Å². The van der Waals surface area contributed by atoms with Gasteiger partial charge in [-0.2, -0.15) is 0 Å². The van der Waals surface area contributed by atoms with Crippen molar-refractivity contribution in [2.45, 2.75) is 6.61 Å². The Balaban J connectivity index is 1.52. The zero-order chi connectivity index (χ0) is 21.3. The first-order valence-corrected chi connectivity index (χ1v) is 10.1. The number of carbonyl (C=O) groups is 2. The number of hydrogen-bond acceptors (Lipinski definition) is 4. The number of hydrogen-bond donors (Lipinski definition) is 2. The van der Waals surface area contributed by atoms with E-state index < -0.39 is 5.91 Å². The molecule has 0 aromatic heterocycles. The molecule has 0 saturated heterocycles. The Labute approximate surface area is 183 Å². The van der Waals surface area contributed by atoms with Crippen molar-refractivity contribution in [2.75, 3.05) is 13.2 Å². The van der Waals surface area contributed by atoms with Gasteiger partial charge in [0.05, 0.1) is 12.1 Å². The summed E-state index contributed by atoms with van der Waals surface area (Å²) >= 11 is 3.39. The number of nitrogens with two attached hydrogens (primary N) is 1. The number of amides is 2. The normalized spacial score (nSPS) is 10.3. The van der Waals surface area contributed by atoms with Gasteiger partial charge in [-0.1, -0.05) is 46.3 Å². The molecule has 7 heteroatoms. The van der Waals surface area contributed by atoms with Crippen molar-refractivity contribution in [1.82, 2.24) is 5.32 Å². The fourth-order valence-corrected chi connectivity index (χ4v) is 3.13. The molecule has 30 heavy (non-hydrogen) atoms. The summed E-state index contributed by atoms with van der Waals surface area (Å²) in [6.07, 6.45) is 0. The van der Waals surface area contributed by atoms with E-state index in [1.807, 2.05) is 30.3 Å². The SMILES string of the molecule is NC(=O)c1ccccc1OCc1cccc(C(=O)NCCOc2cccc(Br)c2)c1. The lowest BCUT2D eigenvalue weighted by atomic mass is 10.1. The second-order valence-electron chi connectivity index (χ2n) is 6.41. The summed E-state index contributed by atoms with van der Waals surface area (Å²) in [6.45, 7) is 0.935. The maximum Gasteiger partial charge on any atom is 0.252 e. The Hall–Kier alpha value is -3.32. The van der Waals surface area contributed by atoms with Gasteiger partial charge in [-0.15, -0.1) is 0 Å². The maximum absolute atomic E-state index is 12.4. The molecule has 0 bridgehead atoms. The van der Waals surface area contributed by atoms with Crippen LogP contribution in [0.1, 0.15) is 26.3 Å². The first-order valence-electron chi connectivity index (χ1n) is 9.30. The van der Waals surface area contributed by atoms with Crippen molar-refractivity contribution in [2.24, 2.45) is 5.73 Å². The van der Waals surface area contributed by atoms with Crippen LogP contribution in [0.3, 0.4) is 0 Å². The highest BCUT2D eigenvalue weighted by Gasteiger charge is 2.10. The smallest absolute Gasteiger partial charge is 0.252 e. The predicted molar refractivity (Wildman–Crippen MR) is 118 cm³/mol. The zero-order valence-electron chi connectivity index (χ0n) is 16.1. The molecule has 3 aromatic rings. The molecule has 0 aliphatic heterocycles. The van der Waals surface area contributed by atoms with Crippen molar-refractivity contribution >= 4 is 27.7 Å². The van der Waals surface area contributed by atoms with Gasteiger partial charge in [0.25, 0.3) is 11.8 Å². The van der Waals surface area contributed by atoms with Crippen LogP contribution in [0.5, 0.6) is 11.5 Å². The van der Waals surface area contributed by atoms with Gasteiger partial charge in [-0.05, 0) is 48.0 Å². The van der Waals surface area contributed by atoms with Gasteiger partial charge in [0, 0.05) is 10.0 Å². The Morgan fingerprint density at radius 1 is 0.933 bits per heavy atom. The third kappa shape index (κ3) is 6.09. The number of primary amides is 1. The molecule has 0 heterocycles. The summed E-state index contributed by atoms with van der Waals surface area (Å²) in [5.74, 6) is 0.384. The highest BCUT2D eigenvalue weighted by molar-refractivity contribution is 9.10. The van der Waals surface area contributed by atoms with Crippen molar-refractivity contribution in [3.8, 4) is 11.5 Å². The van der Waals surface area contributed by atoms with Crippen LogP contribution in [-0.4, -0.2) is 25.0 Å². The van der Waals surface area contributed by atoms with Gasteiger partial charge >= 0.3 is 0 Å². The fraction of sp³-hybridized carbons (Fsp3) is 0.130. The van der Waals surface area contributed by atoms with Gasteiger partial charge < -0.3 is 20.5 Å². The van der Waals surface area contributed by atoms with E-state index in [1.54, 1.807) is 42.5 Å². The monoisotopic (exact) mass is 468 g/mol. The Morgan fingerprint density at radius 3 is 2.53 bits per heavy atom. The largest absolute Gasteiger partial charge is 0.492 e. The van der Waals surface area contributed by atoms with E-state index in [0.29, 0.717) is 30.0 Å². The number of nitrogens with one attached hydrogen (secondary N) is 1. The quantitative estimate of drug-likeness (QED) is 0.465. The van der Waals surface area contributed by atoms with Gasteiger partial charge in [0.1, 0.15) is 24.7 Å². The van der Waals surface area contributed by atoms with Crippen LogP contribution in [0.4, 0.5) is 0 Å². The average molecular weight is 469 g/mol. The van der Waals surface area contributed by atoms with E-state index in [-0.39, 0.29) is 12.5 Å². The number of benzene rings is 3. The minimum absolute atomic E-state index is 0.202. The minimum Gasteiger partial charge on any atom is -0.492 e. The molecule has 0 radical (unpaired) electrons. The molecular formula is C23H21BrN2O4. The lowest BCUT2D eigenvalue weighted by Crippen LogP contribution is -2.28.